The maximum atomic E-state index is 4.29. The number of hydrogen-bond donors (Lipinski definition) is 0. The standard InChI is InChI=1S/C14H18N2S/c1-4-16(5-2)13-8-6-12(7-9-13)14-10-15-11(3)17-14/h6-10H,4-5H2,1-3H3. The number of benzene rings is 1. The van der Waals surface area contributed by atoms with Crippen molar-refractivity contribution in [3.05, 3.63) is 35.5 Å². The molecule has 0 fully saturated rings. The fourth-order valence-corrected chi connectivity index (χ4v) is 2.70. The zero-order valence-electron chi connectivity index (χ0n) is 10.6. The van der Waals surface area contributed by atoms with Crippen LogP contribution >= 0.6 is 11.3 Å². The summed E-state index contributed by atoms with van der Waals surface area (Å²) in [6.45, 7) is 8.51. The minimum Gasteiger partial charge on any atom is -0.372 e. The summed E-state index contributed by atoms with van der Waals surface area (Å²) in [5.41, 5.74) is 2.55. The predicted octanol–water partition coefficient (Wildman–Crippen LogP) is 3.96. The summed E-state index contributed by atoms with van der Waals surface area (Å²) >= 11 is 1.74. The Morgan fingerprint density at radius 2 is 1.76 bits per heavy atom. The molecule has 0 atom stereocenters. The Balaban J connectivity index is 2.23. The summed E-state index contributed by atoms with van der Waals surface area (Å²) in [5.74, 6) is 0. The summed E-state index contributed by atoms with van der Waals surface area (Å²) in [6, 6.07) is 8.75. The Hall–Kier alpha value is -1.35. The van der Waals surface area contributed by atoms with Gasteiger partial charge in [-0.25, -0.2) is 4.98 Å². The summed E-state index contributed by atoms with van der Waals surface area (Å²) in [5, 5.41) is 1.12. The topological polar surface area (TPSA) is 16.1 Å². The summed E-state index contributed by atoms with van der Waals surface area (Å²) < 4.78 is 0. The maximum absolute atomic E-state index is 4.29. The highest BCUT2D eigenvalue weighted by Gasteiger charge is 2.04. The van der Waals surface area contributed by atoms with E-state index in [0.717, 1.165) is 18.1 Å². The smallest absolute Gasteiger partial charge is 0.0900 e. The van der Waals surface area contributed by atoms with E-state index in [0.29, 0.717) is 0 Å². The molecule has 1 aromatic carbocycles. The van der Waals surface area contributed by atoms with Crippen LogP contribution in [0.4, 0.5) is 5.69 Å². The normalized spacial score (nSPS) is 10.5. The van der Waals surface area contributed by atoms with Crippen LogP contribution in [-0.2, 0) is 0 Å². The van der Waals surface area contributed by atoms with Gasteiger partial charge in [0.2, 0.25) is 0 Å². The molecule has 0 N–H and O–H groups in total. The molecule has 2 nitrogen and oxygen atoms in total. The van der Waals surface area contributed by atoms with Gasteiger partial charge in [-0.1, -0.05) is 12.1 Å². The van der Waals surface area contributed by atoms with E-state index >= 15 is 0 Å². The second-order valence-corrected chi connectivity index (χ2v) is 5.20. The van der Waals surface area contributed by atoms with Crippen molar-refractivity contribution < 1.29 is 0 Å². The first-order valence-electron chi connectivity index (χ1n) is 6.02. The van der Waals surface area contributed by atoms with Crippen molar-refractivity contribution in [3.8, 4) is 10.4 Å². The second-order valence-electron chi connectivity index (χ2n) is 3.96. The van der Waals surface area contributed by atoms with E-state index in [9.17, 15) is 0 Å². The molecule has 1 heterocycles. The Morgan fingerprint density at radius 1 is 1.12 bits per heavy atom. The van der Waals surface area contributed by atoms with Crippen LogP contribution in [0, 0.1) is 6.92 Å². The van der Waals surface area contributed by atoms with Gasteiger partial charge in [0.05, 0.1) is 9.88 Å². The van der Waals surface area contributed by atoms with Gasteiger partial charge in [0.15, 0.2) is 0 Å². The molecule has 2 rings (SSSR count). The van der Waals surface area contributed by atoms with Crippen LogP contribution in [0.1, 0.15) is 18.9 Å². The van der Waals surface area contributed by atoms with E-state index in [2.05, 4.69) is 48.0 Å². The van der Waals surface area contributed by atoms with Crippen LogP contribution in [0.3, 0.4) is 0 Å². The van der Waals surface area contributed by atoms with Crippen LogP contribution in [0.2, 0.25) is 0 Å². The molecule has 0 amide bonds. The van der Waals surface area contributed by atoms with Gasteiger partial charge < -0.3 is 4.90 Å². The Labute approximate surface area is 107 Å². The SMILES string of the molecule is CCN(CC)c1ccc(-c2cnc(C)s2)cc1. The molecule has 90 valence electrons. The minimum absolute atomic E-state index is 1.05. The lowest BCUT2D eigenvalue weighted by molar-refractivity contribution is 0.866. The third kappa shape index (κ3) is 2.67. The molecule has 0 aliphatic carbocycles. The molecule has 0 spiro atoms. The van der Waals surface area contributed by atoms with Crippen molar-refractivity contribution >= 4 is 17.0 Å². The van der Waals surface area contributed by atoms with Crippen LogP contribution in [0.25, 0.3) is 10.4 Å². The summed E-state index contributed by atoms with van der Waals surface area (Å²) in [7, 11) is 0. The van der Waals surface area contributed by atoms with Crippen LogP contribution < -0.4 is 4.90 Å². The largest absolute Gasteiger partial charge is 0.372 e. The fourth-order valence-electron chi connectivity index (χ4n) is 1.92. The number of thiazole rings is 1. The lowest BCUT2D eigenvalue weighted by Gasteiger charge is -2.20. The van der Waals surface area contributed by atoms with Gasteiger partial charge in [-0.2, -0.15) is 0 Å². The van der Waals surface area contributed by atoms with Crippen LogP contribution in [-0.4, -0.2) is 18.1 Å². The molecule has 0 aliphatic heterocycles. The third-order valence-electron chi connectivity index (χ3n) is 2.90. The summed E-state index contributed by atoms with van der Waals surface area (Å²) in [4.78, 5) is 7.88. The van der Waals surface area contributed by atoms with Crippen LogP contribution in [0.15, 0.2) is 30.5 Å². The molecule has 0 saturated carbocycles. The van der Waals surface area contributed by atoms with Gasteiger partial charge >= 0.3 is 0 Å². The highest BCUT2D eigenvalue weighted by Crippen LogP contribution is 2.27. The van der Waals surface area contributed by atoms with Crippen molar-refractivity contribution in [2.75, 3.05) is 18.0 Å². The van der Waals surface area contributed by atoms with Gasteiger partial charge in [-0.3, -0.25) is 0 Å². The first-order valence-corrected chi connectivity index (χ1v) is 6.84. The average molecular weight is 246 g/mol. The molecule has 0 saturated heterocycles. The zero-order chi connectivity index (χ0) is 12.3. The molecule has 1 aromatic heterocycles. The number of anilines is 1. The monoisotopic (exact) mass is 246 g/mol. The molecule has 0 bridgehead atoms. The number of hydrogen-bond acceptors (Lipinski definition) is 3. The molecule has 0 radical (unpaired) electrons. The van der Waals surface area contributed by atoms with Crippen LogP contribution in [0.5, 0.6) is 0 Å². The second kappa shape index (κ2) is 5.32. The molecular formula is C14H18N2S. The Morgan fingerprint density at radius 3 is 2.24 bits per heavy atom. The van der Waals surface area contributed by atoms with Crippen molar-refractivity contribution in [3.63, 3.8) is 0 Å². The van der Waals surface area contributed by atoms with E-state index in [1.807, 2.05) is 13.1 Å². The Kier molecular flexibility index (Phi) is 3.79. The van der Waals surface area contributed by atoms with Gasteiger partial charge in [0, 0.05) is 25.0 Å². The van der Waals surface area contributed by atoms with E-state index < -0.39 is 0 Å². The number of aromatic nitrogens is 1. The molecule has 3 heteroatoms. The lowest BCUT2D eigenvalue weighted by atomic mass is 10.2. The number of nitrogens with zero attached hydrogens (tertiary/aromatic N) is 2. The van der Waals surface area contributed by atoms with Crippen molar-refractivity contribution in [1.82, 2.24) is 4.98 Å². The predicted molar refractivity (Wildman–Crippen MR) is 75.8 cm³/mol. The molecule has 17 heavy (non-hydrogen) atoms. The average Bonchev–Trinajstić information content (AvgIpc) is 2.78. The van der Waals surface area contributed by atoms with E-state index in [1.165, 1.54) is 16.1 Å². The molecule has 0 unspecified atom stereocenters. The van der Waals surface area contributed by atoms with Gasteiger partial charge in [0.1, 0.15) is 0 Å². The highest BCUT2D eigenvalue weighted by atomic mass is 32.1. The number of aryl methyl sites for hydroxylation is 1. The fraction of sp³-hybridized carbons (Fsp3) is 0.357. The minimum atomic E-state index is 1.05. The molecule has 0 aliphatic rings. The quantitative estimate of drug-likeness (QED) is 0.811. The number of rotatable bonds is 4. The zero-order valence-corrected chi connectivity index (χ0v) is 11.4. The van der Waals surface area contributed by atoms with Crippen molar-refractivity contribution in [1.29, 1.82) is 0 Å². The third-order valence-corrected chi connectivity index (χ3v) is 3.86. The van der Waals surface area contributed by atoms with Crippen molar-refractivity contribution in [2.24, 2.45) is 0 Å². The highest BCUT2D eigenvalue weighted by molar-refractivity contribution is 7.15. The Bertz CT molecular complexity index is 469. The van der Waals surface area contributed by atoms with E-state index in [4.69, 9.17) is 0 Å². The van der Waals surface area contributed by atoms with Crippen molar-refractivity contribution in [2.45, 2.75) is 20.8 Å². The first-order chi connectivity index (χ1) is 8.24. The van der Waals surface area contributed by atoms with Gasteiger partial charge in [0.25, 0.3) is 0 Å². The van der Waals surface area contributed by atoms with Gasteiger partial charge in [-0.05, 0) is 38.5 Å². The molecule has 2 aromatic rings. The van der Waals surface area contributed by atoms with E-state index in [-0.39, 0.29) is 0 Å². The maximum Gasteiger partial charge on any atom is 0.0900 e. The lowest BCUT2D eigenvalue weighted by Crippen LogP contribution is -2.21. The molecular weight excluding hydrogens is 228 g/mol. The van der Waals surface area contributed by atoms with E-state index in [1.54, 1.807) is 11.3 Å². The summed E-state index contributed by atoms with van der Waals surface area (Å²) in [6.07, 6.45) is 1.95. The van der Waals surface area contributed by atoms with Gasteiger partial charge in [-0.15, -0.1) is 11.3 Å². The first kappa shape index (κ1) is 12.1.